The first-order valence-electron chi connectivity index (χ1n) is 10.3. The Morgan fingerprint density at radius 3 is 2.77 bits per heavy atom. The van der Waals surface area contributed by atoms with Crippen molar-refractivity contribution in [3.8, 4) is 17.1 Å². The molecule has 4 heterocycles. The zero-order chi connectivity index (χ0) is 20.3. The molecule has 1 aliphatic rings. The van der Waals surface area contributed by atoms with Gasteiger partial charge in [-0.05, 0) is 55.5 Å². The second kappa shape index (κ2) is 8.20. The molecule has 0 amide bonds. The summed E-state index contributed by atoms with van der Waals surface area (Å²) in [6.45, 7) is 1.46. The number of nitrogens with zero attached hydrogens (tertiary/aromatic N) is 5. The van der Waals surface area contributed by atoms with Gasteiger partial charge >= 0.3 is 0 Å². The highest BCUT2D eigenvalue weighted by Crippen LogP contribution is 2.27. The molecule has 7 nitrogen and oxygen atoms in total. The molecule has 1 N–H and O–H groups in total. The molecule has 1 atom stereocenters. The molecule has 5 rings (SSSR count). The van der Waals surface area contributed by atoms with E-state index < -0.39 is 0 Å². The maximum absolute atomic E-state index is 9.47. The van der Waals surface area contributed by atoms with Crippen molar-refractivity contribution in [1.29, 1.82) is 0 Å². The fourth-order valence-electron chi connectivity index (χ4n) is 3.90. The van der Waals surface area contributed by atoms with Crippen LogP contribution < -0.4 is 0 Å². The molecule has 0 saturated carbocycles. The van der Waals surface area contributed by atoms with Crippen LogP contribution in [0.4, 0.5) is 0 Å². The first-order valence-corrected chi connectivity index (χ1v) is 10.3. The summed E-state index contributed by atoms with van der Waals surface area (Å²) in [5.74, 6) is 0.967. The van der Waals surface area contributed by atoms with E-state index in [1.54, 1.807) is 24.5 Å². The summed E-state index contributed by atoms with van der Waals surface area (Å²) in [6.07, 6.45) is 9.02. The molecule has 0 unspecified atom stereocenters. The molecular weight excluding hydrogens is 378 g/mol. The third-order valence-corrected chi connectivity index (χ3v) is 5.53. The normalized spacial score (nSPS) is 16.3. The van der Waals surface area contributed by atoms with Crippen LogP contribution >= 0.6 is 0 Å². The molecule has 4 aromatic rings. The molecule has 0 aliphatic carbocycles. The minimum atomic E-state index is 0.261. The molecule has 0 bridgehead atoms. The van der Waals surface area contributed by atoms with E-state index in [4.69, 9.17) is 14.7 Å². The Labute approximate surface area is 174 Å². The predicted molar refractivity (Wildman–Crippen MR) is 113 cm³/mol. The fraction of sp³-hybridized carbons (Fsp3) is 0.304. The van der Waals surface area contributed by atoms with Crippen LogP contribution in [0, 0.1) is 0 Å². The Morgan fingerprint density at radius 1 is 1.10 bits per heavy atom. The van der Waals surface area contributed by atoms with Crippen LogP contribution in [0.2, 0.25) is 0 Å². The van der Waals surface area contributed by atoms with Crippen molar-refractivity contribution in [3.05, 3.63) is 66.4 Å². The van der Waals surface area contributed by atoms with Crippen LogP contribution in [0.5, 0.6) is 5.75 Å². The fourth-order valence-corrected chi connectivity index (χ4v) is 3.90. The van der Waals surface area contributed by atoms with Gasteiger partial charge in [-0.15, -0.1) is 0 Å². The smallest absolute Gasteiger partial charge is 0.164 e. The van der Waals surface area contributed by atoms with Gasteiger partial charge in [0.15, 0.2) is 11.5 Å². The Balaban J connectivity index is 1.48. The number of benzene rings is 1. The third kappa shape index (κ3) is 3.76. The van der Waals surface area contributed by atoms with Gasteiger partial charge in [-0.2, -0.15) is 0 Å². The van der Waals surface area contributed by atoms with Gasteiger partial charge in [0.2, 0.25) is 0 Å². The van der Waals surface area contributed by atoms with Gasteiger partial charge < -0.3 is 14.4 Å². The Morgan fingerprint density at radius 2 is 2.00 bits per heavy atom. The van der Waals surface area contributed by atoms with E-state index in [0.29, 0.717) is 18.2 Å². The monoisotopic (exact) mass is 401 g/mol. The van der Waals surface area contributed by atoms with Crippen molar-refractivity contribution >= 4 is 11.2 Å². The highest BCUT2D eigenvalue weighted by Gasteiger charge is 2.22. The SMILES string of the molecule is Oc1ccc(CCCc2nc(-c3cccnc3)nc3c2ncn3[C@H]2CCOC2)cc1. The first-order chi connectivity index (χ1) is 14.8. The number of hydrogen-bond acceptors (Lipinski definition) is 6. The van der Waals surface area contributed by atoms with Crippen molar-refractivity contribution in [2.75, 3.05) is 13.2 Å². The molecule has 30 heavy (non-hydrogen) atoms. The van der Waals surface area contributed by atoms with E-state index in [9.17, 15) is 5.11 Å². The zero-order valence-electron chi connectivity index (χ0n) is 16.6. The number of phenols is 1. The largest absolute Gasteiger partial charge is 0.508 e. The van der Waals surface area contributed by atoms with E-state index >= 15 is 0 Å². The quantitative estimate of drug-likeness (QED) is 0.530. The highest BCUT2D eigenvalue weighted by atomic mass is 16.5. The van der Waals surface area contributed by atoms with E-state index in [1.165, 1.54) is 5.56 Å². The Hall–Kier alpha value is -3.32. The molecule has 1 fully saturated rings. The minimum absolute atomic E-state index is 0.261. The summed E-state index contributed by atoms with van der Waals surface area (Å²) in [6, 6.07) is 11.5. The van der Waals surface area contributed by atoms with Gasteiger partial charge in [0.05, 0.1) is 24.7 Å². The molecule has 152 valence electrons. The van der Waals surface area contributed by atoms with Crippen LogP contribution in [0.1, 0.15) is 30.1 Å². The number of fused-ring (bicyclic) bond motifs is 1. The lowest BCUT2D eigenvalue weighted by Gasteiger charge is -2.12. The van der Waals surface area contributed by atoms with Gasteiger partial charge in [-0.3, -0.25) is 4.98 Å². The molecule has 1 aliphatic heterocycles. The summed E-state index contributed by atoms with van der Waals surface area (Å²) in [5.41, 5.74) is 4.77. The van der Waals surface area contributed by atoms with Crippen molar-refractivity contribution in [1.82, 2.24) is 24.5 Å². The summed E-state index contributed by atoms with van der Waals surface area (Å²) in [4.78, 5) is 18.6. The highest BCUT2D eigenvalue weighted by molar-refractivity contribution is 5.76. The maximum Gasteiger partial charge on any atom is 0.164 e. The topological polar surface area (TPSA) is 86.0 Å². The number of hydrogen-bond donors (Lipinski definition) is 1. The lowest BCUT2D eigenvalue weighted by molar-refractivity contribution is 0.187. The maximum atomic E-state index is 9.47. The summed E-state index contributed by atoms with van der Waals surface area (Å²) in [5, 5.41) is 9.47. The average Bonchev–Trinajstić information content (AvgIpc) is 3.45. The molecule has 0 radical (unpaired) electrons. The second-order valence-corrected chi connectivity index (χ2v) is 7.60. The zero-order valence-corrected chi connectivity index (χ0v) is 16.6. The van der Waals surface area contributed by atoms with Crippen molar-refractivity contribution in [2.24, 2.45) is 0 Å². The number of pyridine rings is 1. The van der Waals surface area contributed by atoms with Crippen LogP contribution in [0.25, 0.3) is 22.6 Å². The van der Waals surface area contributed by atoms with Crippen LogP contribution in [-0.4, -0.2) is 42.8 Å². The first kappa shape index (κ1) is 18.7. The standard InChI is InChI=1S/C23H23N5O2/c29-19-8-6-16(7-9-19)3-1-5-20-21-23(28(15-25-21)18-10-12-30-14-18)27-22(26-20)17-4-2-11-24-13-17/h2,4,6-9,11,13,15,18,29H,1,3,5,10,12,14H2/t18-/m0/s1. The summed E-state index contributed by atoms with van der Waals surface area (Å²) >= 11 is 0. The number of phenolic OH excluding ortho intramolecular Hbond substituents is 1. The van der Waals surface area contributed by atoms with Crippen molar-refractivity contribution in [3.63, 3.8) is 0 Å². The number of rotatable bonds is 6. The van der Waals surface area contributed by atoms with Gasteiger partial charge in [-0.1, -0.05) is 12.1 Å². The molecule has 3 aromatic heterocycles. The number of aromatic nitrogens is 5. The molecule has 0 spiro atoms. The summed E-state index contributed by atoms with van der Waals surface area (Å²) < 4.78 is 7.71. The van der Waals surface area contributed by atoms with Crippen LogP contribution in [0.3, 0.4) is 0 Å². The van der Waals surface area contributed by atoms with Crippen molar-refractivity contribution in [2.45, 2.75) is 31.7 Å². The second-order valence-electron chi connectivity index (χ2n) is 7.60. The van der Waals surface area contributed by atoms with Gasteiger partial charge in [0, 0.05) is 24.6 Å². The van der Waals surface area contributed by atoms with Gasteiger partial charge in [-0.25, -0.2) is 15.0 Å². The van der Waals surface area contributed by atoms with Crippen LogP contribution in [-0.2, 0) is 17.6 Å². The average molecular weight is 401 g/mol. The van der Waals surface area contributed by atoms with E-state index in [1.807, 2.05) is 30.6 Å². The van der Waals surface area contributed by atoms with E-state index in [2.05, 4.69) is 14.5 Å². The molecule has 1 saturated heterocycles. The molecule has 7 heteroatoms. The number of imidazole rings is 1. The third-order valence-electron chi connectivity index (χ3n) is 5.53. The van der Waals surface area contributed by atoms with E-state index in [0.717, 1.165) is 54.7 Å². The number of aromatic hydroxyl groups is 1. The number of ether oxygens (including phenoxy) is 1. The van der Waals surface area contributed by atoms with Gasteiger partial charge in [0.25, 0.3) is 0 Å². The minimum Gasteiger partial charge on any atom is -0.508 e. The number of aryl methyl sites for hydroxylation is 2. The lowest BCUT2D eigenvalue weighted by atomic mass is 10.1. The van der Waals surface area contributed by atoms with Gasteiger partial charge in [0.1, 0.15) is 11.3 Å². The predicted octanol–water partition coefficient (Wildman–Crippen LogP) is 3.73. The van der Waals surface area contributed by atoms with Crippen molar-refractivity contribution < 1.29 is 9.84 Å². The van der Waals surface area contributed by atoms with Crippen LogP contribution in [0.15, 0.2) is 55.1 Å². The Bertz CT molecular complexity index is 1140. The molecule has 1 aromatic carbocycles. The lowest BCUT2D eigenvalue weighted by Crippen LogP contribution is -2.09. The Kier molecular flexibility index (Phi) is 5.11. The molecular formula is C23H23N5O2. The summed E-state index contributed by atoms with van der Waals surface area (Å²) in [7, 11) is 0. The van der Waals surface area contributed by atoms with E-state index in [-0.39, 0.29) is 6.04 Å².